The number of rotatable bonds is 3. The van der Waals surface area contributed by atoms with Crippen molar-refractivity contribution in [1.82, 2.24) is 0 Å². The Kier molecular flexibility index (Phi) is 5.30. The fourth-order valence-corrected chi connectivity index (χ4v) is 3.59. The van der Waals surface area contributed by atoms with Crippen molar-refractivity contribution in [3.8, 4) is 0 Å². The minimum absolute atomic E-state index is 0.0845. The molecular formula is C15H18BrF4N. The summed E-state index contributed by atoms with van der Waals surface area (Å²) in [5.41, 5.74) is 6.79. The van der Waals surface area contributed by atoms with Gasteiger partial charge in [-0.05, 0) is 55.4 Å². The number of halogens is 5. The molecule has 6 heteroatoms. The van der Waals surface area contributed by atoms with E-state index in [1.807, 2.05) is 0 Å². The summed E-state index contributed by atoms with van der Waals surface area (Å²) in [7, 11) is 0. The lowest BCUT2D eigenvalue weighted by Gasteiger charge is -2.33. The molecular weight excluding hydrogens is 350 g/mol. The first-order valence-electron chi connectivity index (χ1n) is 7.03. The van der Waals surface area contributed by atoms with Gasteiger partial charge in [0.15, 0.2) is 0 Å². The molecule has 3 unspecified atom stereocenters. The van der Waals surface area contributed by atoms with Gasteiger partial charge in [-0.3, -0.25) is 0 Å². The number of hydrogen-bond acceptors (Lipinski definition) is 1. The van der Waals surface area contributed by atoms with Crippen molar-refractivity contribution in [2.75, 3.05) is 0 Å². The third kappa shape index (κ3) is 4.68. The van der Waals surface area contributed by atoms with Crippen LogP contribution in [-0.2, 0) is 6.42 Å². The van der Waals surface area contributed by atoms with Gasteiger partial charge in [0, 0.05) is 10.5 Å². The maximum Gasteiger partial charge on any atom is 0.391 e. The smallest absolute Gasteiger partial charge is 0.327 e. The predicted octanol–water partition coefficient (Wildman–Crippen LogP) is 4.83. The van der Waals surface area contributed by atoms with E-state index < -0.39 is 12.1 Å². The van der Waals surface area contributed by atoms with Crippen LogP contribution in [0.4, 0.5) is 17.6 Å². The quantitative estimate of drug-likeness (QED) is 0.761. The van der Waals surface area contributed by atoms with Crippen molar-refractivity contribution in [2.24, 2.45) is 17.6 Å². The van der Waals surface area contributed by atoms with E-state index in [2.05, 4.69) is 15.9 Å². The standard InChI is InChI=1S/C15H18BrF4N/c16-12-4-9(5-13(17)8-12)6-14(21)10-2-1-3-11(7-10)15(18,19)20/h4-5,8,10-11,14H,1-3,6-7,21H2. The van der Waals surface area contributed by atoms with Crippen LogP contribution in [0, 0.1) is 17.7 Å². The van der Waals surface area contributed by atoms with E-state index in [0.717, 1.165) is 0 Å². The van der Waals surface area contributed by atoms with Crippen molar-refractivity contribution in [3.63, 3.8) is 0 Å². The summed E-state index contributed by atoms with van der Waals surface area (Å²) >= 11 is 3.20. The highest BCUT2D eigenvalue weighted by Crippen LogP contribution is 2.41. The Hall–Kier alpha value is -0.620. The normalized spacial score (nSPS) is 24.9. The second-order valence-electron chi connectivity index (χ2n) is 5.81. The fraction of sp³-hybridized carbons (Fsp3) is 0.600. The van der Waals surface area contributed by atoms with Crippen molar-refractivity contribution >= 4 is 15.9 Å². The molecule has 0 heterocycles. The molecule has 3 atom stereocenters. The summed E-state index contributed by atoms with van der Waals surface area (Å²) in [6.07, 6.45) is -2.20. The molecule has 0 amide bonds. The average molecular weight is 368 g/mol. The van der Waals surface area contributed by atoms with Crippen LogP contribution in [0.15, 0.2) is 22.7 Å². The largest absolute Gasteiger partial charge is 0.391 e. The van der Waals surface area contributed by atoms with Gasteiger partial charge in [-0.25, -0.2) is 4.39 Å². The van der Waals surface area contributed by atoms with E-state index >= 15 is 0 Å². The van der Waals surface area contributed by atoms with Gasteiger partial charge in [-0.15, -0.1) is 0 Å². The zero-order valence-corrected chi connectivity index (χ0v) is 13.1. The van der Waals surface area contributed by atoms with Gasteiger partial charge in [-0.1, -0.05) is 22.4 Å². The monoisotopic (exact) mass is 367 g/mol. The number of nitrogens with two attached hydrogens (primary N) is 1. The zero-order valence-electron chi connectivity index (χ0n) is 11.5. The summed E-state index contributed by atoms with van der Waals surface area (Å²) in [4.78, 5) is 0. The second-order valence-corrected chi connectivity index (χ2v) is 6.73. The van der Waals surface area contributed by atoms with Gasteiger partial charge in [0.05, 0.1) is 5.92 Å². The molecule has 0 bridgehead atoms. The van der Waals surface area contributed by atoms with Crippen LogP contribution in [0.5, 0.6) is 0 Å². The lowest BCUT2D eigenvalue weighted by molar-refractivity contribution is -0.186. The SMILES string of the molecule is NC(Cc1cc(F)cc(Br)c1)C1CCCC(C(F)(F)F)C1. The third-order valence-electron chi connectivity index (χ3n) is 4.18. The summed E-state index contributed by atoms with van der Waals surface area (Å²) in [6, 6.07) is 4.11. The van der Waals surface area contributed by atoms with Crippen LogP contribution < -0.4 is 5.73 Å². The van der Waals surface area contributed by atoms with Gasteiger partial charge >= 0.3 is 6.18 Å². The molecule has 1 aromatic carbocycles. The second kappa shape index (κ2) is 6.65. The van der Waals surface area contributed by atoms with E-state index in [1.165, 1.54) is 12.1 Å². The molecule has 0 aliphatic heterocycles. The van der Waals surface area contributed by atoms with E-state index in [-0.39, 0.29) is 30.6 Å². The van der Waals surface area contributed by atoms with E-state index in [0.29, 0.717) is 29.3 Å². The maximum atomic E-state index is 13.3. The molecule has 1 aromatic rings. The Morgan fingerprint density at radius 2 is 1.95 bits per heavy atom. The van der Waals surface area contributed by atoms with E-state index in [4.69, 9.17) is 5.73 Å². The highest BCUT2D eigenvalue weighted by atomic mass is 79.9. The molecule has 0 spiro atoms. The van der Waals surface area contributed by atoms with Crippen molar-refractivity contribution < 1.29 is 17.6 Å². The molecule has 0 radical (unpaired) electrons. The van der Waals surface area contributed by atoms with Crippen LogP contribution in [0.2, 0.25) is 0 Å². The highest BCUT2D eigenvalue weighted by Gasteiger charge is 2.43. The molecule has 0 aromatic heterocycles. The van der Waals surface area contributed by atoms with E-state index in [9.17, 15) is 17.6 Å². The zero-order chi connectivity index (χ0) is 15.6. The molecule has 21 heavy (non-hydrogen) atoms. The minimum Gasteiger partial charge on any atom is -0.327 e. The van der Waals surface area contributed by atoms with Crippen LogP contribution in [-0.4, -0.2) is 12.2 Å². The molecule has 1 aliphatic rings. The van der Waals surface area contributed by atoms with Gasteiger partial charge in [-0.2, -0.15) is 13.2 Å². The van der Waals surface area contributed by atoms with Crippen LogP contribution >= 0.6 is 15.9 Å². The average Bonchev–Trinajstić information content (AvgIpc) is 2.36. The van der Waals surface area contributed by atoms with Gasteiger partial charge in [0.2, 0.25) is 0 Å². The van der Waals surface area contributed by atoms with E-state index in [1.54, 1.807) is 6.07 Å². The number of hydrogen-bond donors (Lipinski definition) is 1. The Balaban J connectivity index is 2.01. The topological polar surface area (TPSA) is 26.0 Å². The fourth-order valence-electron chi connectivity index (χ4n) is 3.08. The van der Waals surface area contributed by atoms with Crippen molar-refractivity contribution in [1.29, 1.82) is 0 Å². The molecule has 1 nitrogen and oxygen atoms in total. The minimum atomic E-state index is -4.14. The lowest BCUT2D eigenvalue weighted by atomic mass is 9.76. The Morgan fingerprint density at radius 3 is 2.57 bits per heavy atom. The molecule has 2 N–H and O–H groups in total. The first kappa shape index (κ1) is 16.7. The van der Waals surface area contributed by atoms with Crippen LogP contribution in [0.3, 0.4) is 0 Å². The van der Waals surface area contributed by atoms with Crippen molar-refractivity contribution in [3.05, 3.63) is 34.1 Å². The molecule has 1 aliphatic carbocycles. The summed E-state index contributed by atoms with van der Waals surface area (Å²) in [5, 5.41) is 0. The third-order valence-corrected chi connectivity index (χ3v) is 4.63. The molecule has 2 rings (SSSR count). The first-order chi connectivity index (χ1) is 9.75. The molecule has 1 saturated carbocycles. The molecule has 1 fully saturated rings. The van der Waals surface area contributed by atoms with Gasteiger partial charge < -0.3 is 5.73 Å². The predicted molar refractivity (Wildman–Crippen MR) is 77.3 cm³/mol. The van der Waals surface area contributed by atoms with Crippen molar-refractivity contribution in [2.45, 2.75) is 44.3 Å². The number of benzene rings is 1. The van der Waals surface area contributed by atoms with Gasteiger partial charge in [0.25, 0.3) is 0 Å². The molecule has 0 saturated heterocycles. The van der Waals surface area contributed by atoms with Crippen LogP contribution in [0.1, 0.15) is 31.2 Å². The Labute approximate surface area is 130 Å². The summed E-state index contributed by atoms with van der Waals surface area (Å²) in [6.45, 7) is 0. The van der Waals surface area contributed by atoms with Gasteiger partial charge in [0.1, 0.15) is 5.82 Å². The summed E-state index contributed by atoms with van der Waals surface area (Å²) in [5.74, 6) is -1.78. The summed E-state index contributed by atoms with van der Waals surface area (Å²) < 4.78 is 52.4. The Bertz CT molecular complexity index is 469. The lowest BCUT2D eigenvalue weighted by Crippen LogP contribution is -2.38. The maximum absolute atomic E-state index is 13.3. The van der Waals surface area contributed by atoms with Crippen LogP contribution in [0.25, 0.3) is 0 Å². The number of alkyl halides is 3. The molecule has 118 valence electrons. The Morgan fingerprint density at radius 1 is 1.24 bits per heavy atom. The first-order valence-corrected chi connectivity index (χ1v) is 7.82. The highest BCUT2D eigenvalue weighted by molar-refractivity contribution is 9.10.